The Labute approximate surface area is 78.9 Å². The van der Waals surface area contributed by atoms with E-state index in [9.17, 15) is 17.6 Å². The van der Waals surface area contributed by atoms with Crippen LogP contribution in [-0.2, 0) is 4.74 Å². The van der Waals surface area contributed by atoms with Crippen molar-refractivity contribution in [3.63, 3.8) is 0 Å². The smallest absolute Gasteiger partial charge is 0.330 e. The molecule has 0 aliphatic rings. The number of alkyl halides is 4. The van der Waals surface area contributed by atoms with Gasteiger partial charge in [0.05, 0.1) is 12.7 Å². The zero-order valence-electron chi connectivity index (χ0n) is 7.22. The Hall–Kier alpha value is -0.800. The van der Waals surface area contributed by atoms with Gasteiger partial charge in [0.25, 0.3) is 0 Å². The van der Waals surface area contributed by atoms with Gasteiger partial charge < -0.3 is 9.84 Å². The summed E-state index contributed by atoms with van der Waals surface area (Å²) in [6, 6.07) is 0. The molecule has 0 fully saturated rings. The van der Waals surface area contributed by atoms with E-state index < -0.39 is 31.7 Å². The number of rotatable bonds is 6. The maximum absolute atomic E-state index is 12.2. The minimum Gasteiger partial charge on any atom is -0.390 e. The van der Waals surface area contributed by atoms with E-state index >= 15 is 0 Å². The van der Waals surface area contributed by atoms with Gasteiger partial charge in [-0.25, -0.2) is 8.78 Å². The van der Waals surface area contributed by atoms with Crippen LogP contribution in [0.4, 0.5) is 17.6 Å². The summed E-state index contributed by atoms with van der Waals surface area (Å²) in [6.45, 7) is -1.90. The zero-order chi connectivity index (χ0) is 11.2. The Morgan fingerprint density at radius 3 is 2.43 bits per heavy atom. The molecule has 0 aromatic carbocycles. The number of terminal acetylenes is 1. The van der Waals surface area contributed by atoms with Crippen LogP contribution in [0.1, 0.15) is 6.42 Å². The van der Waals surface area contributed by atoms with Crippen LogP contribution in [0.25, 0.3) is 0 Å². The molecule has 0 spiro atoms. The Morgan fingerprint density at radius 1 is 1.43 bits per heavy atom. The molecule has 14 heavy (non-hydrogen) atoms. The molecule has 0 aliphatic heterocycles. The molecule has 6 heteroatoms. The summed E-state index contributed by atoms with van der Waals surface area (Å²) in [5.41, 5.74) is 0. The molecule has 0 rings (SSSR count). The van der Waals surface area contributed by atoms with E-state index in [1.807, 2.05) is 0 Å². The number of ether oxygens (including phenoxy) is 1. The van der Waals surface area contributed by atoms with Crippen molar-refractivity contribution in [1.29, 1.82) is 0 Å². The van der Waals surface area contributed by atoms with E-state index in [1.54, 1.807) is 0 Å². The third-order valence-corrected chi connectivity index (χ3v) is 1.28. The molecule has 0 aromatic rings. The highest BCUT2D eigenvalue weighted by atomic mass is 19.3. The molecule has 0 saturated carbocycles. The minimum absolute atomic E-state index is 0.0692. The van der Waals surface area contributed by atoms with Crippen molar-refractivity contribution in [2.75, 3.05) is 13.2 Å². The fourth-order valence-electron chi connectivity index (χ4n) is 0.589. The van der Waals surface area contributed by atoms with Gasteiger partial charge in [-0.1, -0.05) is 0 Å². The molecule has 1 N–H and O–H groups in total. The van der Waals surface area contributed by atoms with Crippen molar-refractivity contribution in [2.24, 2.45) is 0 Å². The van der Waals surface area contributed by atoms with Gasteiger partial charge in [-0.15, -0.1) is 12.3 Å². The molecular formula is C8H10F4O2. The van der Waals surface area contributed by atoms with Crippen LogP contribution < -0.4 is 0 Å². The third-order valence-electron chi connectivity index (χ3n) is 1.28. The van der Waals surface area contributed by atoms with Crippen molar-refractivity contribution in [2.45, 2.75) is 24.9 Å². The highest BCUT2D eigenvalue weighted by Crippen LogP contribution is 2.22. The number of aliphatic hydroxyl groups is 1. The molecule has 0 bridgehead atoms. The van der Waals surface area contributed by atoms with Crippen molar-refractivity contribution in [1.82, 2.24) is 0 Å². The Bertz CT molecular complexity index is 200. The summed E-state index contributed by atoms with van der Waals surface area (Å²) in [4.78, 5) is 0. The molecule has 0 amide bonds. The molecule has 1 unspecified atom stereocenters. The van der Waals surface area contributed by atoms with Gasteiger partial charge >= 0.3 is 12.3 Å². The van der Waals surface area contributed by atoms with Crippen LogP contribution >= 0.6 is 0 Å². The largest absolute Gasteiger partial charge is 0.390 e. The fraction of sp³-hybridized carbons (Fsp3) is 0.750. The molecule has 0 aliphatic carbocycles. The van der Waals surface area contributed by atoms with Crippen LogP contribution in [-0.4, -0.2) is 36.8 Å². The summed E-state index contributed by atoms with van der Waals surface area (Å²) >= 11 is 0. The van der Waals surface area contributed by atoms with E-state index in [0.29, 0.717) is 0 Å². The molecule has 0 aromatic heterocycles. The second-order valence-electron chi connectivity index (χ2n) is 2.64. The first-order valence-electron chi connectivity index (χ1n) is 3.75. The Kier molecular flexibility index (Phi) is 5.50. The van der Waals surface area contributed by atoms with Crippen LogP contribution in [0.5, 0.6) is 0 Å². The topological polar surface area (TPSA) is 29.5 Å². The standard InChI is InChI=1S/C8H10F4O2/c1-2-3-6(13)4-14-5-8(11,12)7(9)10/h1,6-7,13H,3-5H2. The second kappa shape index (κ2) is 5.83. The van der Waals surface area contributed by atoms with Gasteiger partial charge in [0, 0.05) is 6.42 Å². The van der Waals surface area contributed by atoms with Crippen molar-refractivity contribution >= 4 is 0 Å². The summed E-state index contributed by atoms with van der Waals surface area (Å²) in [5, 5.41) is 8.88. The molecule has 0 heterocycles. The van der Waals surface area contributed by atoms with Crippen molar-refractivity contribution < 1.29 is 27.4 Å². The summed E-state index contributed by atoms with van der Waals surface area (Å²) in [7, 11) is 0. The highest BCUT2D eigenvalue weighted by Gasteiger charge is 2.40. The lowest BCUT2D eigenvalue weighted by Gasteiger charge is -2.16. The average Bonchev–Trinajstić information content (AvgIpc) is 2.04. The highest BCUT2D eigenvalue weighted by molar-refractivity contribution is 4.86. The average molecular weight is 214 g/mol. The zero-order valence-corrected chi connectivity index (χ0v) is 7.22. The van der Waals surface area contributed by atoms with Gasteiger partial charge in [-0.05, 0) is 0 Å². The van der Waals surface area contributed by atoms with Crippen LogP contribution in [0.2, 0.25) is 0 Å². The molecule has 0 radical (unpaired) electrons. The maximum atomic E-state index is 12.2. The minimum atomic E-state index is -4.18. The lowest BCUT2D eigenvalue weighted by molar-refractivity contribution is -0.170. The van der Waals surface area contributed by atoms with E-state index in [-0.39, 0.29) is 6.42 Å². The van der Waals surface area contributed by atoms with Gasteiger partial charge in [-0.3, -0.25) is 0 Å². The quantitative estimate of drug-likeness (QED) is 0.533. The molecule has 0 saturated heterocycles. The van der Waals surface area contributed by atoms with Gasteiger partial charge in [0.2, 0.25) is 0 Å². The second-order valence-corrected chi connectivity index (χ2v) is 2.64. The summed E-state index contributed by atoms with van der Waals surface area (Å²) < 4.78 is 51.7. The third kappa shape index (κ3) is 5.04. The first-order valence-corrected chi connectivity index (χ1v) is 3.75. The van der Waals surface area contributed by atoms with Crippen LogP contribution in [0, 0.1) is 12.3 Å². The first-order chi connectivity index (χ1) is 6.40. The predicted octanol–water partition coefficient (Wildman–Crippen LogP) is 1.29. The van der Waals surface area contributed by atoms with E-state index in [0.717, 1.165) is 0 Å². The van der Waals surface area contributed by atoms with Crippen LogP contribution in [0.15, 0.2) is 0 Å². The molecule has 1 atom stereocenters. The number of hydrogen-bond donors (Lipinski definition) is 1. The van der Waals surface area contributed by atoms with E-state index in [1.165, 1.54) is 0 Å². The summed E-state index contributed by atoms with van der Waals surface area (Å²) in [5.74, 6) is -2.11. The first kappa shape index (κ1) is 13.2. The van der Waals surface area contributed by atoms with Crippen LogP contribution in [0.3, 0.4) is 0 Å². The maximum Gasteiger partial charge on any atom is 0.330 e. The lowest BCUT2D eigenvalue weighted by Crippen LogP contribution is -2.33. The van der Waals surface area contributed by atoms with Gasteiger partial charge in [0.1, 0.15) is 6.61 Å². The molecule has 2 nitrogen and oxygen atoms in total. The number of hydrogen-bond acceptors (Lipinski definition) is 2. The Morgan fingerprint density at radius 2 is 2.00 bits per heavy atom. The van der Waals surface area contributed by atoms with E-state index in [4.69, 9.17) is 11.5 Å². The summed E-state index contributed by atoms with van der Waals surface area (Å²) in [6.07, 6.45) is -0.142. The SMILES string of the molecule is C#CCC(O)COCC(F)(F)C(F)F. The van der Waals surface area contributed by atoms with Gasteiger partial charge in [0.15, 0.2) is 0 Å². The Balaban J connectivity index is 3.69. The number of aliphatic hydroxyl groups excluding tert-OH is 1. The fourth-order valence-corrected chi connectivity index (χ4v) is 0.589. The van der Waals surface area contributed by atoms with Crippen molar-refractivity contribution in [3.8, 4) is 12.3 Å². The molecular weight excluding hydrogens is 204 g/mol. The monoisotopic (exact) mass is 214 g/mol. The normalized spacial score (nSPS) is 14.1. The lowest BCUT2D eigenvalue weighted by atomic mass is 10.3. The van der Waals surface area contributed by atoms with Crippen molar-refractivity contribution in [3.05, 3.63) is 0 Å². The predicted molar refractivity (Wildman–Crippen MR) is 41.2 cm³/mol. The van der Waals surface area contributed by atoms with E-state index in [2.05, 4.69) is 10.7 Å². The van der Waals surface area contributed by atoms with Gasteiger partial charge in [-0.2, -0.15) is 8.78 Å². The number of halogens is 4. The molecule has 82 valence electrons.